The Balaban J connectivity index is 2.34. The molecule has 0 aromatic heterocycles. The number of carboxylic acid groups (broad SMARTS) is 1. The Kier molecular flexibility index (Phi) is 4.32. The van der Waals surface area contributed by atoms with Gasteiger partial charge in [0.2, 0.25) is 0 Å². The van der Waals surface area contributed by atoms with Gasteiger partial charge in [-0.15, -0.1) is 0 Å². The third-order valence-corrected chi connectivity index (χ3v) is 1.80. The van der Waals surface area contributed by atoms with Crippen LogP contribution < -0.4 is 10.1 Å². The molecule has 0 radical (unpaired) electrons. The molecule has 1 amide bonds. The summed E-state index contributed by atoms with van der Waals surface area (Å²) in [5.74, 6) is -0.946. The average molecular weight is 223 g/mol. The van der Waals surface area contributed by atoms with E-state index in [1.807, 2.05) is 19.1 Å². The first kappa shape index (κ1) is 12.0. The molecule has 0 aliphatic carbocycles. The van der Waals surface area contributed by atoms with Gasteiger partial charge in [-0.25, -0.2) is 0 Å². The van der Waals surface area contributed by atoms with Crippen molar-refractivity contribution in [3.05, 3.63) is 29.8 Å². The van der Waals surface area contributed by atoms with Crippen LogP contribution in [0.4, 0.5) is 0 Å². The van der Waals surface area contributed by atoms with Crippen molar-refractivity contribution in [2.24, 2.45) is 0 Å². The summed E-state index contributed by atoms with van der Waals surface area (Å²) in [6.45, 7) is 1.34. The predicted molar refractivity (Wildman–Crippen MR) is 57.3 cm³/mol. The minimum absolute atomic E-state index is 0.184. The highest BCUT2D eigenvalue weighted by molar-refractivity contribution is 5.82. The Labute approximate surface area is 93.0 Å². The maximum atomic E-state index is 11.1. The Morgan fingerprint density at radius 3 is 2.81 bits per heavy atom. The molecule has 2 N–H and O–H groups in total. The molecule has 0 spiro atoms. The van der Waals surface area contributed by atoms with Gasteiger partial charge in [0.1, 0.15) is 12.3 Å². The van der Waals surface area contributed by atoms with Gasteiger partial charge in [0.15, 0.2) is 6.61 Å². The van der Waals surface area contributed by atoms with Crippen molar-refractivity contribution in [1.82, 2.24) is 5.32 Å². The van der Waals surface area contributed by atoms with Crippen molar-refractivity contribution in [2.45, 2.75) is 6.92 Å². The molecule has 0 aliphatic rings. The largest absolute Gasteiger partial charge is 0.484 e. The molecule has 0 saturated carbocycles. The summed E-state index contributed by atoms with van der Waals surface area (Å²) in [6, 6.07) is 7.26. The average Bonchev–Trinajstić information content (AvgIpc) is 2.23. The normalized spacial score (nSPS) is 9.56. The second-order valence-electron chi connectivity index (χ2n) is 3.28. The highest BCUT2D eigenvalue weighted by Gasteiger charge is 2.04. The maximum Gasteiger partial charge on any atom is 0.322 e. The Bertz CT molecular complexity index is 389. The summed E-state index contributed by atoms with van der Waals surface area (Å²) in [4.78, 5) is 21.3. The molecule has 1 aromatic rings. The molecule has 0 heterocycles. The lowest BCUT2D eigenvalue weighted by molar-refractivity contribution is -0.138. The molecule has 0 fully saturated rings. The van der Waals surface area contributed by atoms with Crippen LogP contribution in [0.5, 0.6) is 5.75 Å². The number of aryl methyl sites for hydroxylation is 1. The van der Waals surface area contributed by atoms with Crippen molar-refractivity contribution in [3.63, 3.8) is 0 Å². The monoisotopic (exact) mass is 223 g/mol. The molecule has 16 heavy (non-hydrogen) atoms. The lowest BCUT2D eigenvalue weighted by Crippen LogP contribution is -2.33. The van der Waals surface area contributed by atoms with Gasteiger partial charge in [-0.1, -0.05) is 12.1 Å². The first-order valence-corrected chi connectivity index (χ1v) is 4.76. The summed E-state index contributed by atoms with van der Waals surface area (Å²) >= 11 is 0. The number of amides is 1. The van der Waals surface area contributed by atoms with Gasteiger partial charge in [0.05, 0.1) is 0 Å². The molecule has 1 rings (SSSR count). The van der Waals surface area contributed by atoms with E-state index in [4.69, 9.17) is 9.84 Å². The van der Waals surface area contributed by atoms with Crippen LogP contribution in [-0.4, -0.2) is 30.1 Å². The number of aliphatic carboxylic acids is 1. The van der Waals surface area contributed by atoms with Crippen LogP contribution in [-0.2, 0) is 9.59 Å². The predicted octanol–water partition coefficient (Wildman–Crippen LogP) is 0.575. The van der Waals surface area contributed by atoms with E-state index in [0.29, 0.717) is 5.75 Å². The summed E-state index contributed by atoms with van der Waals surface area (Å²) in [5.41, 5.74) is 1.03. The lowest BCUT2D eigenvalue weighted by Gasteiger charge is -2.06. The highest BCUT2D eigenvalue weighted by Crippen LogP contribution is 2.11. The molecule has 86 valence electrons. The smallest absolute Gasteiger partial charge is 0.322 e. The zero-order valence-corrected chi connectivity index (χ0v) is 8.90. The van der Waals surface area contributed by atoms with E-state index in [2.05, 4.69) is 5.32 Å². The highest BCUT2D eigenvalue weighted by atomic mass is 16.5. The molecular weight excluding hydrogens is 210 g/mol. The Morgan fingerprint density at radius 2 is 2.19 bits per heavy atom. The fourth-order valence-electron chi connectivity index (χ4n) is 1.08. The third kappa shape index (κ3) is 4.45. The number of carboxylic acids is 1. The number of nitrogens with one attached hydrogen (secondary N) is 1. The summed E-state index contributed by atoms with van der Waals surface area (Å²) in [7, 11) is 0. The number of benzene rings is 1. The maximum absolute atomic E-state index is 11.1. The van der Waals surface area contributed by atoms with E-state index in [1.165, 1.54) is 0 Å². The van der Waals surface area contributed by atoms with Gasteiger partial charge >= 0.3 is 5.97 Å². The molecule has 0 saturated heterocycles. The van der Waals surface area contributed by atoms with Crippen molar-refractivity contribution >= 4 is 11.9 Å². The van der Waals surface area contributed by atoms with Crippen molar-refractivity contribution in [1.29, 1.82) is 0 Å². The molecule has 5 heteroatoms. The van der Waals surface area contributed by atoms with E-state index in [9.17, 15) is 9.59 Å². The topological polar surface area (TPSA) is 75.6 Å². The van der Waals surface area contributed by atoms with Gasteiger partial charge in [-0.05, 0) is 24.6 Å². The number of carbonyl (C=O) groups is 2. The summed E-state index contributed by atoms with van der Waals surface area (Å²) in [6.07, 6.45) is 0. The van der Waals surface area contributed by atoms with E-state index < -0.39 is 18.4 Å². The first-order chi connectivity index (χ1) is 7.58. The number of rotatable bonds is 5. The lowest BCUT2D eigenvalue weighted by atomic mass is 10.2. The van der Waals surface area contributed by atoms with Crippen LogP contribution in [0.2, 0.25) is 0 Å². The number of hydrogen-bond donors (Lipinski definition) is 2. The van der Waals surface area contributed by atoms with Gasteiger partial charge in [-0.3, -0.25) is 9.59 Å². The van der Waals surface area contributed by atoms with Crippen LogP contribution in [0.25, 0.3) is 0 Å². The third-order valence-electron chi connectivity index (χ3n) is 1.80. The molecule has 1 aromatic carbocycles. The molecule has 5 nitrogen and oxygen atoms in total. The van der Waals surface area contributed by atoms with Crippen molar-refractivity contribution in [3.8, 4) is 5.75 Å². The second kappa shape index (κ2) is 5.75. The van der Waals surface area contributed by atoms with Crippen molar-refractivity contribution in [2.75, 3.05) is 13.2 Å². The Hall–Kier alpha value is -2.04. The van der Waals surface area contributed by atoms with Crippen LogP contribution in [0, 0.1) is 6.92 Å². The van der Waals surface area contributed by atoms with Crippen LogP contribution >= 0.6 is 0 Å². The van der Waals surface area contributed by atoms with Crippen LogP contribution in [0.15, 0.2) is 24.3 Å². The van der Waals surface area contributed by atoms with Crippen LogP contribution in [0.3, 0.4) is 0 Å². The van der Waals surface area contributed by atoms with Gasteiger partial charge < -0.3 is 15.2 Å². The summed E-state index contributed by atoms with van der Waals surface area (Å²) in [5, 5.41) is 10.5. The van der Waals surface area contributed by atoms with Gasteiger partial charge in [0, 0.05) is 0 Å². The zero-order chi connectivity index (χ0) is 12.0. The fourth-order valence-corrected chi connectivity index (χ4v) is 1.08. The molecule has 0 bridgehead atoms. The van der Waals surface area contributed by atoms with Crippen LogP contribution in [0.1, 0.15) is 5.56 Å². The minimum atomic E-state index is -1.08. The van der Waals surface area contributed by atoms with Gasteiger partial charge in [-0.2, -0.15) is 0 Å². The second-order valence-corrected chi connectivity index (χ2v) is 3.28. The molecule has 0 atom stereocenters. The van der Waals surface area contributed by atoms with E-state index in [0.717, 1.165) is 5.56 Å². The summed E-state index contributed by atoms with van der Waals surface area (Å²) < 4.78 is 5.18. The SMILES string of the molecule is Cc1cccc(OCC(=O)NCC(=O)O)c1. The number of ether oxygens (including phenoxy) is 1. The first-order valence-electron chi connectivity index (χ1n) is 4.76. The van der Waals surface area contributed by atoms with E-state index in [1.54, 1.807) is 12.1 Å². The number of hydrogen-bond acceptors (Lipinski definition) is 3. The number of carbonyl (C=O) groups excluding carboxylic acids is 1. The Morgan fingerprint density at radius 1 is 1.44 bits per heavy atom. The minimum Gasteiger partial charge on any atom is -0.484 e. The zero-order valence-electron chi connectivity index (χ0n) is 8.90. The molecule has 0 aliphatic heterocycles. The molecular formula is C11H13NO4. The van der Waals surface area contributed by atoms with Gasteiger partial charge in [0.25, 0.3) is 5.91 Å². The van der Waals surface area contributed by atoms with E-state index >= 15 is 0 Å². The fraction of sp³-hybridized carbons (Fsp3) is 0.273. The van der Waals surface area contributed by atoms with Crippen molar-refractivity contribution < 1.29 is 19.4 Å². The quantitative estimate of drug-likeness (QED) is 0.765. The standard InChI is InChI=1S/C11H13NO4/c1-8-3-2-4-9(5-8)16-7-10(13)12-6-11(14)15/h2-5H,6-7H2,1H3,(H,12,13)(H,14,15). The molecule has 0 unspecified atom stereocenters. The van der Waals surface area contributed by atoms with E-state index in [-0.39, 0.29) is 6.61 Å².